The van der Waals surface area contributed by atoms with Crippen LogP contribution in [0.5, 0.6) is 0 Å². The lowest BCUT2D eigenvalue weighted by Crippen LogP contribution is -2.35. The number of carbonyl (C=O) groups excluding carboxylic acids is 1. The number of nitrogens with zero attached hydrogens (tertiary/aromatic N) is 4. The minimum atomic E-state index is -0.474. The van der Waals surface area contributed by atoms with Crippen LogP contribution in [0.3, 0.4) is 0 Å². The average Bonchev–Trinajstić information content (AvgIpc) is 2.92. The molecular formula is C15H16FN5O. The maximum atomic E-state index is 13.6. The van der Waals surface area contributed by atoms with Crippen molar-refractivity contribution in [2.45, 2.75) is 6.67 Å². The molecule has 1 aliphatic rings. The van der Waals surface area contributed by atoms with Crippen LogP contribution in [0.1, 0.15) is 16.3 Å². The van der Waals surface area contributed by atoms with Crippen LogP contribution in [0.4, 0.5) is 10.1 Å². The number of hydrazine groups is 1. The van der Waals surface area contributed by atoms with Gasteiger partial charge in [-0.15, -0.1) is 0 Å². The molecule has 0 unspecified atom stereocenters. The summed E-state index contributed by atoms with van der Waals surface area (Å²) < 4.78 is 15.4. The standard InChI is InChI=1S/C15H16FN5O/c1-19(2)21-8-7-14-17-13(9-20(14)10-21)15(22)18-12-6-4-3-5-11(12)16/h3-9H,10H2,1-2H3,(H,18,22). The Kier molecular flexibility index (Phi) is 3.64. The van der Waals surface area contributed by atoms with Crippen molar-refractivity contribution >= 4 is 17.7 Å². The summed E-state index contributed by atoms with van der Waals surface area (Å²) in [7, 11) is 3.86. The van der Waals surface area contributed by atoms with Crippen LogP contribution in [0.25, 0.3) is 6.08 Å². The summed E-state index contributed by atoms with van der Waals surface area (Å²) in [5.74, 6) is -0.216. The van der Waals surface area contributed by atoms with E-state index in [1.54, 1.807) is 18.3 Å². The van der Waals surface area contributed by atoms with Gasteiger partial charge in [0, 0.05) is 26.5 Å². The molecule has 7 heteroatoms. The number of halogens is 1. The van der Waals surface area contributed by atoms with Crippen molar-refractivity contribution in [2.75, 3.05) is 19.4 Å². The number of imidazole rings is 1. The highest BCUT2D eigenvalue weighted by Crippen LogP contribution is 2.17. The average molecular weight is 301 g/mol. The van der Waals surface area contributed by atoms with Gasteiger partial charge in [-0.3, -0.25) is 9.80 Å². The number of fused-ring (bicyclic) bond motifs is 1. The molecular weight excluding hydrogens is 285 g/mol. The van der Waals surface area contributed by atoms with E-state index in [0.717, 1.165) is 0 Å². The van der Waals surface area contributed by atoms with Crippen molar-refractivity contribution in [3.8, 4) is 0 Å². The van der Waals surface area contributed by atoms with Gasteiger partial charge in [-0.1, -0.05) is 12.1 Å². The minimum absolute atomic E-state index is 0.143. The molecule has 0 aliphatic carbocycles. The van der Waals surface area contributed by atoms with Crippen LogP contribution < -0.4 is 5.32 Å². The topological polar surface area (TPSA) is 53.4 Å². The number of benzene rings is 1. The van der Waals surface area contributed by atoms with Gasteiger partial charge in [-0.05, 0) is 18.2 Å². The van der Waals surface area contributed by atoms with E-state index in [1.165, 1.54) is 12.1 Å². The Balaban J connectivity index is 1.79. The summed E-state index contributed by atoms with van der Waals surface area (Å²) in [6, 6.07) is 6.04. The highest BCUT2D eigenvalue weighted by atomic mass is 19.1. The summed E-state index contributed by atoms with van der Waals surface area (Å²) in [6.07, 6.45) is 5.37. The molecule has 1 aliphatic heterocycles. The third-order valence-corrected chi connectivity index (χ3v) is 3.37. The van der Waals surface area contributed by atoms with Gasteiger partial charge in [0.05, 0.1) is 5.69 Å². The first-order valence-corrected chi connectivity index (χ1v) is 6.80. The molecule has 2 heterocycles. The first kappa shape index (κ1) is 14.3. The molecule has 114 valence electrons. The van der Waals surface area contributed by atoms with Crippen LogP contribution >= 0.6 is 0 Å². The van der Waals surface area contributed by atoms with E-state index in [-0.39, 0.29) is 11.4 Å². The predicted octanol–water partition coefficient (Wildman–Crippen LogP) is 1.99. The smallest absolute Gasteiger partial charge is 0.275 e. The highest BCUT2D eigenvalue weighted by molar-refractivity contribution is 6.03. The molecule has 0 bridgehead atoms. The number of amides is 1. The van der Waals surface area contributed by atoms with Gasteiger partial charge < -0.3 is 9.88 Å². The molecule has 0 saturated carbocycles. The Morgan fingerprint density at radius 3 is 2.86 bits per heavy atom. The first-order chi connectivity index (χ1) is 10.5. The van der Waals surface area contributed by atoms with Crippen molar-refractivity contribution in [1.29, 1.82) is 0 Å². The van der Waals surface area contributed by atoms with Crippen LogP contribution in [-0.2, 0) is 6.67 Å². The SMILES string of the molecule is CN(C)N1C=Cc2nc(C(=O)Nc3ccccc3F)cn2C1. The Morgan fingerprint density at radius 2 is 2.14 bits per heavy atom. The summed E-state index contributed by atoms with van der Waals surface area (Å²) >= 11 is 0. The molecule has 2 aromatic rings. The zero-order chi connectivity index (χ0) is 15.7. The van der Waals surface area contributed by atoms with Crippen molar-refractivity contribution < 1.29 is 9.18 Å². The summed E-state index contributed by atoms with van der Waals surface area (Å²) in [6.45, 7) is 0.568. The van der Waals surface area contributed by atoms with Gasteiger partial charge in [0.1, 0.15) is 24.0 Å². The monoisotopic (exact) mass is 301 g/mol. The third kappa shape index (κ3) is 2.71. The second-order valence-electron chi connectivity index (χ2n) is 5.13. The fourth-order valence-corrected chi connectivity index (χ4v) is 2.15. The maximum Gasteiger partial charge on any atom is 0.275 e. The number of aromatic nitrogens is 2. The van der Waals surface area contributed by atoms with E-state index in [1.807, 2.05) is 41.0 Å². The molecule has 0 fully saturated rings. The summed E-state index contributed by atoms with van der Waals surface area (Å²) in [5.41, 5.74) is 0.396. The molecule has 1 aromatic carbocycles. The molecule has 6 nitrogen and oxygen atoms in total. The lowest BCUT2D eigenvalue weighted by atomic mass is 10.3. The molecule has 1 amide bonds. The van der Waals surface area contributed by atoms with Crippen molar-refractivity contribution in [3.63, 3.8) is 0 Å². The van der Waals surface area contributed by atoms with E-state index < -0.39 is 11.7 Å². The van der Waals surface area contributed by atoms with Crippen LogP contribution in [0.2, 0.25) is 0 Å². The van der Waals surface area contributed by atoms with E-state index in [2.05, 4.69) is 10.3 Å². The Labute approximate surface area is 127 Å². The van der Waals surface area contributed by atoms with Crippen molar-refractivity contribution in [1.82, 2.24) is 19.6 Å². The van der Waals surface area contributed by atoms with Gasteiger partial charge in [0.25, 0.3) is 5.91 Å². The third-order valence-electron chi connectivity index (χ3n) is 3.37. The minimum Gasteiger partial charge on any atom is -0.318 e. The lowest BCUT2D eigenvalue weighted by molar-refractivity contribution is 0.0466. The molecule has 1 aromatic heterocycles. The fourth-order valence-electron chi connectivity index (χ4n) is 2.15. The number of hydrogen-bond donors (Lipinski definition) is 1. The van der Waals surface area contributed by atoms with Crippen LogP contribution in [0, 0.1) is 5.82 Å². The summed E-state index contributed by atoms with van der Waals surface area (Å²) in [5, 5.41) is 6.43. The van der Waals surface area contributed by atoms with Gasteiger partial charge in [-0.2, -0.15) is 0 Å². The number of anilines is 1. The predicted molar refractivity (Wildman–Crippen MR) is 81.1 cm³/mol. The maximum absolute atomic E-state index is 13.6. The van der Waals surface area contributed by atoms with E-state index >= 15 is 0 Å². The van der Waals surface area contributed by atoms with Gasteiger partial charge in [0.2, 0.25) is 0 Å². The molecule has 0 saturated heterocycles. The Hall–Kier alpha value is -2.67. The van der Waals surface area contributed by atoms with Crippen molar-refractivity contribution in [2.24, 2.45) is 0 Å². The zero-order valence-corrected chi connectivity index (χ0v) is 12.3. The number of rotatable bonds is 3. The molecule has 3 rings (SSSR count). The van der Waals surface area contributed by atoms with Crippen LogP contribution in [-0.4, -0.2) is 39.6 Å². The van der Waals surface area contributed by atoms with Gasteiger partial charge in [0.15, 0.2) is 0 Å². The van der Waals surface area contributed by atoms with E-state index in [0.29, 0.717) is 12.5 Å². The quantitative estimate of drug-likeness (QED) is 0.942. The highest BCUT2D eigenvalue weighted by Gasteiger charge is 2.18. The molecule has 1 N–H and O–H groups in total. The largest absolute Gasteiger partial charge is 0.318 e. The van der Waals surface area contributed by atoms with Crippen LogP contribution in [0.15, 0.2) is 36.7 Å². The lowest BCUT2D eigenvalue weighted by Gasteiger charge is -2.30. The second-order valence-corrected chi connectivity index (χ2v) is 5.13. The van der Waals surface area contributed by atoms with Gasteiger partial charge >= 0.3 is 0 Å². The Morgan fingerprint density at radius 1 is 1.36 bits per heavy atom. The first-order valence-electron chi connectivity index (χ1n) is 6.80. The summed E-state index contributed by atoms with van der Waals surface area (Å²) in [4.78, 5) is 16.5. The molecule has 0 radical (unpaired) electrons. The molecule has 0 spiro atoms. The normalized spacial score (nSPS) is 13.4. The molecule has 0 atom stereocenters. The number of para-hydroxylation sites is 1. The zero-order valence-electron chi connectivity index (χ0n) is 12.3. The van der Waals surface area contributed by atoms with Gasteiger partial charge in [-0.25, -0.2) is 14.4 Å². The number of nitrogens with one attached hydrogen (secondary N) is 1. The Bertz CT molecular complexity index is 737. The van der Waals surface area contributed by atoms with E-state index in [4.69, 9.17) is 0 Å². The molecule has 22 heavy (non-hydrogen) atoms. The number of carbonyl (C=O) groups is 1. The number of hydrogen-bond acceptors (Lipinski definition) is 4. The van der Waals surface area contributed by atoms with Crippen molar-refractivity contribution in [3.05, 3.63) is 54.0 Å². The second kappa shape index (κ2) is 5.61. The fraction of sp³-hybridized carbons (Fsp3) is 0.200. The van der Waals surface area contributed by atoms with E-state index in [9.17, 15) is 9.18 Å².